The van der Waals surface area contributed by atoms with Gasteiger partial charge in [0.15, 0.2) is 0 Å². The summed E-state index contributed by atoms with van der Waals surface area (Å²) in [4.78, 5) is 0. The molecular formula is C86H60O4. The first-order valence-electron chi connectivity index (χ1n) is 31.8. The van der Waals surface area contributed by atoms with Gasteiger partial charge in [0.05, 0.1) is 26.4 Å². The Kier molecular flexibility index (Phi) is 11.8. The van der Waals surface area contributed by atoms with Crippen molar-refractivity contribution in [2.24, 2.45) is 0 Å². The molecule has 0 spiro atoms. The molecule has 2 aliphatic carbocycles. The molecule has 0 unspecified atom stereocenters. The van der Waals surface area contributed by atoms with Crippen LogP contribution >= 0.6 is 0 Å². The summed E-state index contributed by atoms with van der Waals surface area (Å²) in [5.41, 5.74) is 23.9. The van der Waals surface area contributed by atoms with Crippen LogP contribution in [0.5, 0.6) is 23.0 Å². The Bertz CT molecular complexity index is 5220. The maximum atomic E-state index is 6.25. The van der Waals surface area contributed by atoms with Crippen LogP contribution in [-0.2, 0) is 0 Å². The third-order valence-corrected chi connectivity index (χ3v) is 19.3. The lowest BCUT2D eigenvalue weighted by Gasteiger charge is -2.21. The lowest BCUT2D eigenvalue weighted by Crippen LogP contribution is -1.97. The Morgan fingerprint density at radius 2 is 0.444 bits per heavy atom. The molecular weight excluding hydrogens is 1100 g/mol. The monoisotopic (exact) mass is 1160 g/mol. The summed E-state index contributed by atoms with van der Waals surface area (Å²) in [6.07, 6.45) is 0. The van der Waals surface area contributed by atoms with E-state index in [1.165, 1.54) is 153 Å². The van der Waals surface area contributed by atoms with Gasteiger partial charge in [-0.05, 0) is 275 Å². The molecule has 0 fully saturated rings. The standard InChI is InChI=1S/C86H60O4/c1-5-87-55-27-15-23-51(43-55)73-47-71(49-19-11-9-12-20-49)83-67-39-35-63-59-31-32-60-64-36-40-68-82-70(86-76(54-26-18-30-58(46-54)90-8-4)74(52-24-16-28-56(44-52)88-6-2)48-72(84(68)86)50-21-13-10-14-22-50)42-38-66(80(64)82)62-34-33-61(77(59)78(60)62)65-37-41-69(81(67)79(63)65)85(83)75(73)53-25-17-29-57(45-53)89-7-3/h9-48H,5-8H2,1-4H3. The Hall–Kier alpha value is -10.9. The first kappa shape index (κ1) is 52.2. The fraction of sp³-hybridized carbons (Fsp3) is 0.0930. The van der Waals surface area contributed by atoms with Gasteiger partial charge in [0.25, 0.3) is 0 Å². The molecule has 18 rings (SSSR count). The molecule has 4 nitrogen and oxygen atoms in total. The fourth-order valence-electron chi connectivity index (χ4n) is 16.0. The van der Waals surface area contributed by atoms with Crippen LogP contribution in [0.4, 0.5) is 0 Å². The number of hydrogen-bond donors (Lipinski definition) is 0. The van der Waals surface area contributed by atoms with E-state index in [0.29, 0.717) is 26.4 Å². The number of ether oxygens (including phenoxy) is 4. The van der Waals surface area contributed by atoms with Crippen LogP contribution in [0, 0.1) is 0 Å². The lowest BCUT2D eigenvalue weighted by atomic mass is 9.82. The Balaban J connectivity index is 0.898. The van der Waals surface area contributed by atoms with Gasteiger partial charge in [0, 0.05) is 0 Å². The van der Waals surface area contributed by atoms with E-state index < -0.39 is 0 Å². The number of rotatable bonds is 14. The summed E-state index contributed by atoms with van der Waals surface area (Å²) in [5, 5.41) is 18.0. The van der Waals surface area contributed by atoms with Gasteiger partial charge in [0.2, 0.25) is 0 Å². The van der Waals surface area contributed by atoms with E-state index in [0.717, 1.165) is 56.4 Å². The minimum Gasteiger partial charge on any atom is -0.494 e. The first-order valence-corrected chi connectivity index (χ1v) is 31.8. The molecule has 0 atom stereocenters. The van der Waals surface area contributed by atoms with Gasteiger partial charge in [-0.1, -0.05) is 182 Å². The molecule has 90 heavy (non-hydrogen) atoms. The molecule has 428 valence electrons. The molecule has 0 saturated heterocycles. The fourth-order valence-corrected chi connectivity index (χ4v) is 16.0. The summed E-state index contributed by atoms with van der Waals surface area (Å²) in [7, 11) is 0. The summed E-state index contributed by atoms with van der Waals surface area (Å²) in [5.74, 6) is 3.42. The molecule has 0 radical (unpaired) electrons. The zero-order valence-electron chi connectivity index (χ0n) is 50.6. The van der Waals surface area contributed by atoms with Crippen LogP contribution in [-0.4, -0.2) is 26.4 Å². The minimum atomic E-state index is 0.583. The highest BCUT2D eigenvalue weighted by molar-refractivity contribution is 6.45. The van der Waals surface area contributed by atoms with Crippen LogP contribution in [0.25, 0.3) is 187 Å². The Morgan fingerprint density at radius 1 is 0.189 bits per heavy atom. The van der Waals surface area contributed by atoms with Crippen molar-refractivity contribution < 1.29 is 18.9 Å². The third-order valence-electron chi connectivity index (χ3n) is 19.3. The Morgan fingerprint density at radius 3 is 0.767 bits per heavy atom. The van der Waals surface area contributed by atoms with Crippen molar-refractivity contribution in [2.45, 2.75) is 27.7 Å². The SMILES string of the molecule is CCOc1cccc(-c2cc(-c3ccccc3)c3c(c2-c2cccc(OCC)c2)-c2ccc4c5ccc6c7ccc8c9c(ccc(c%10ccc(c%11ccc-3c2c%114)c5c%106)c97)-c2c(-c3ccccc3)cc(-c3cccc(OCC)c3)c(-c3cccc(OCC)c3)c2-8)c1. The van der Waals surface area contributed by atoms with Gasteiger partial charge in [-0.2, -0.15) is 0 Å². The second-order valence-electron chi connectivity index (χ2n) is 24.0. The quantitative estimate of drug-likeness (QED) is 0.0803. The molecule has 16 aromatic rings. The number of hydrogen-bond acceptors (Lipinski definition) is 4. The van der Waals surface area contributed by atoms with Crippen LogP contribution in [0.3, 0.4) is 0 Å². The Labute approximate surface area is 522 Å². The number of fused-ring (bicyclic) bond motifs is 10. The predicted molar refractivity (Wildman–Crippen MR) is 378 cm³/mol. The second-order valence-corrected chi connectivity index (χ2v) is 24.0. The van der Waals surface area contributed by atoms with E-state index in [-0.39, 0.29) is 0 Å². The molecule has 4 heteroatoms. The van der Waals surface area contributed by atoms with Crippen LogP contribution in [0.2, 0.25) is 0 Å². The third kappa shape index (κ3) is 7.55. The van der Waals surface area contributed by atoms with Crippen molar-refractivity contribution in [3.8, 4) is 134 Å². The average Bonchev–Trinajstić information content (AvgIpc) is 1.36. The highest BCUT2D eigenvalue weighted by atomic mass is 16.5. The predicted octanol–water partition coefficient (Wildman–Crippen LogP) is 23.5. The maximum absolute atomic E-state index is 6.25. The van der Waals surface area contributed by atoms with Crippen LogP contribution in [0.15, 0.2) is 243 Å². The molecule has 0 heterocycles. The van der Waals surface area contributed by atoms with Gasteiger partial charge in [0.1, 0.15) is 23.0 Å². The van der Waals surface area contributed by atoms with E-state index in [1.807, 2.05) is 13.8 Å². The normalized spacial score (nSPS) is 12.2. The van der Waals surface area contributed by atoms with Gasteiger partial charge in [-0.25, -0.2) is 0 Å². The van der Waals surface area contributed by atoms with E-state index in [1.54, 1.807) is 0 Å². The first-order chi connectivity index (χ1) is 44.5. The molecule has 0 saturated carbocycles. The van der Waals surface area contributed by atoms with Crippen molar-refractivity contribution in [1.82, 2.24) is 0 Å². The van der Waals surface area contributed by atoms with E-state index >= 15 is 0 Å². The molecule has 0 aromatic heterocycles. The second kappa shape index (κ2) is 20.3. The van der Waals surface area contributed by atoms with Crippen LogP contribution < -0.4 is 18.9 Å². The topological polar surface area (TPSA) is 36.9 Å². The highest BCUT2D eigenvalue weighted by Gasteiger charge is 2.35. The molecule has 16 aromatic carbocycles. The van der Waals surface area contributed by atoms with Gasteiger partial charge < -0.3 is 18.9 Å². The average molecular weight is 1160 g/mol. The summed E-state index contributed by atoms with van der Waals surface area (Å²) in [6.45, 7) is 10.5. The summed E-state index contributed by atoms with van der Waals surface area (Å²) in [6, 6.07) is 90.6. The number of benzene rings is 16. The largest absolute Gasteiger partial charge is 0.494 e. The summed E-state index contributed by atoms with van der Waals surface area (Å²) < 4.78 is 24.9. The molecule has 0 bridgehead atoms. The molecule has 2 aliphatic rings. The van der Waals surface area contributed by atoms with Crippen LogP contribution in [0.1, 0.15) is 27.7 Å². The zero-order valence-corrected chi connectivity index (χ0v) is 50.6. The minimum absolute atomic E-state index is 0.583. The van der Waals surface area contributed by atoms with E-state index in [2.05, 4.69) is 257 Å². The van der Waals surface area contributed by atoms with Crippen molar-refractivity contribution in [3.63, 3.8) is 0 Å². The molecule has 0 amide bonds. The zero-order chi connectivity index (χ0) is 59.9. The summed E-state index contributed by atoms with van der Waals surface area (Å²) >= 11 is 0. The van der Waals surface area contributed by atoms with Gasteiger partial charge in [-0.3, -0.25) is 0 Å². The maximum Gasteiger partial charge on any atom is 0.119 e. The van der Waals surface area contributed by atoms with Crippen molar-refractivity contribution in [2.75, 3.05) is 26.4 Å². The van der Waals surface area contributed by atoms with Crippen molar-refractivity contribution in [1.29, 1.82) is 0 Å². The van der Waals surface area contributed by atoms with Crippen molar-refractivity contribution in [3.05, 3.63) is 243 Å². The molecule has 0 aliphatic heterocycles. The van der Waals surface area contributed by atoms with Gasteiger partial charge >= 0.3 is 0 Å². The lowest BCUT2D eigenvalue weighted by molar-refractivity contribution is 0.340. The molecule has 0 N–H and O–H groups in total. The van der Waals surface area contributed by atoms with Gasteiger partial charge in [-0.15, -0.1) is 0 Å². The van der Waals surface area contributed by atoms with Crippen molar-refractivity contribution >= 4 is 75.4 Å². The van der Waals surface area contributed by atoms with E-state index in [9.17, 15) is 0 Å². The highest BCUT2D eigenvalue weighted by Crippen LogP contribution is 2.63. The van der Waals surface area contributed by atoms with E-state index in [4.69, 9.17) is 18.9 Å². The smallest absolute Gasteiger partial charge is 0.119 e.